The molecule has 0 aromatic carbocycles. The first-order valence-electron chi connectivity index (χ1n) is 9.63. The van der Waals surface area contributed by atoms with E-state index in [0.717, 1.165) is 31.9 Å². The van der Waals surface area contributed by atoms with Gasteiger partial charge in [-0.1, -0.05) is 0 Å². The number of anilines is 1. The van der Waals surface area contributed by atoms with E-state index < -0.39 is 0 Å². The van der Waals surface area contributed by atoms with Crippen molar-refractivity contribution >= 4 is 17.5 Å². The van der Waals surface area contributed by atoms with E-state index in [1.54, 1.807) is 28.1 Å². The smallest absolute Gasteiger partial charge is 0.289 e. The molecule has 0 atom stereocenters. The molecule has 0 radical (unpaired) electrons. The maximum atomic E-state index is 12.9. The Morgan fingerprint density at radius 3 is 2.25 bits per heavy atom. The summed E-state index contributed by atoms with van der Waals surface area (Å²) in [5.74, 6) is 0.120. The minimum absolute atomic E-state index is 0.0823. The predicted octanol–water partition coefficient (Wildman–Crippen LogP) is 1.02. The lowest BCUT2D eigenvalue weighted by Gasteiger charge is -2.35. The third kappa shape index (κ3) is 3.87. The Morgan fingerprint density at radius 1 is 0.929 bits per heavy atom. The van der Waals surface area contributed by atoms with Crippen molar-refractivity contribution in [3.63, 3.8) is 0 Å². The van der Waals surface area contributed by atoms with E-state index >= 15 is 0 Å². The van der Waals surface area contributed by atoms with Crippen LogP contribution in [-0.4, -0.2) is 90.9 Å². The fourth-order valence-corrected chi connectivity index (χ4v) is 3.63. The second kappa shape index (κ2) is 8.02. The summed E-state index contributed by atoms with van der Waals surface area (Å²) in [6.07, 6.45) is 3.20. The number of rotatable bonds is 3. The second-order valence-corrected chi connectivity index (χ2v) is 7.25. The quantitative estimate of drug-likeness (QED) is 0.788. The molecule has 0 spiro atoms. The highest BCUT2D eigenvalue weighted by Crippen LogP contribution is 2.18. The molecule has 0 N–H and O–H groups in total. The number of hydrogen-bond acceptors (Lipinski definition) is 6. The molecule has 0 unspecified atom stereocenters. The number of piperazine rings is 2. The summed E-state index contributed by atoms with van der Waals surface area (Å²) in [4.78, 5) is 37.6. The molecule has 8 nitrogen and oxygen atoms in total. The Bertz CT molecular complexity index is 822. The van der Waals surface area contributed by atoms with Gasteiger partial charge in [-0.15, -0.1) is 0 Å². The second-order valence-electron chi connectivity index (χ2n) is 7.25. The van der Waals surface area contributed by atoms with Crippen LogP contribution in [0.25, 0.3) is 0 Å². The molecule has 2 amide bonds. The lowest BCUT2D eigenvalue weighted by molar-refractivity contribution is 0.0515. The number of carbonyl (C=O) groups is 2. The highest BCUT2D eigenvalue weighted by atomic mass is 16.3. The molecule has 0 saturated carbocycles. The van der Waals surface area contributed by atoms with Crippen LogP contribution in [0.1, 0.15) is 21.0 Å². The normalized spacial score (nSPS) is 18.4. The summed E-state index contributed by atoms with van der Waals surface area (Å²) in [5, 5.41) is 0. The summed E-state index contributed by atoms with van der Waals surface area (Å²) >= 11 is 0. The van der Waals surface area contributed by atoms with Gasteiger partial charge in [0.15, 0.2) is 5.76 Å². The van der Waals surface area contributed by atoms with E-state index in [0.29, 0.717) is 37.6 Å². The van der Waals surface area contributed by atoms with E-state index in [4.69, 9.17) is 4.42 Å². The molecule has 4 heterocycles. The fraction of sp³-hybridized carbons (Fsp3) is 0.450. The van der Waals surface area contributed by atoms with Gasteiger partial charge in [-0.2, -0.15) is 0 Å². The van der Waals surface area contributed by atoms with E-state index in [1.165, 1.54) is 6.26 Å². The summed E-state index contributed by atoms with van der Waals surface area (Å²) in [6, 6.07) is 7.20. The number of pyridine rings is 1. The van der Waals surface area contributed by atoms with Crippen LogP contribution >= 0.6 is 0 Å². The van der Waals surface area contributed by atoms with Crippen molar-refractivity contribution in [1.29, 1.82) is 0 Å². The van der Waals surface area contributed by atoms with Gasteiger partial charge in [0.1, 0.15) is 5.69 Å². The maximum Gasteiger partial charge on any atom is 0.289 e. The van der Waals surface area contributed by atoms with Crippen LogP contribution < -0.4 is 4.90 Å². The Morgan fingerprint density at radius 2 is 1.61 bits per heavy atom. The minimum atomic E-state index is -0.132. The Hall–Kier alpha value is -2.87. The molecule has 148 valence electrons. The van der Waals surface area contributed by atoms with Gasteiger partial charge in [-0.25, -0.2) is 0 Å². The van der Waals surface area contributed by atoms with Crippen LogP contribution in [0.15, 0.2) is 41.1 Å². The average Bonchev–Trinajstić information content (AvgIpc) is 3.28. The van der Waals surface area contributed by atoms with Crippen LogP contribution in [0.4, 0.5) is 5.69 Å². The van der Waals surface area contributed by atoms with E-state index in [9.17, 15) is 9.59 Å². The molecule has 2 aliphatic rings. The van der Waals surface area contributed by atoms with Crippen molar-refractivity contribution in [1.82, 2.24) is 19.7 Å². The monoisotopic (exact) mass is 383 g/mol. The zero-order valence-electron chi connectivity index (χ0n) is 16.1. The summed E-state index contributed by atoms with van der Waals surface area (Å²) in [7, 11) is 2.12. The van der Waals surface area contributed by atoms with Gasteiger partial charge in [0.2, 0.25) is 0 Å². The first-order chi connectivity index (χ1) is 13.6. The number of carbonyl (C=O) groups excluding carboxylic acids is 2. The van der Waals surface area contributed by atoms with Crippen molar-refractivity contribution in [2.24, 2.45) is 0 Å². The Labute approximate surface area is 164 Å². The van der Waals surface area contributed by atoms with Crippen LogP contribution in [0, 0.1) is 0 Å². The van der Waals surface area contributed by atoms with E-state index in [1.807, 2.05) is 12.1 Å². The SMILES string of the molecule is CN1CCN(c2ccnc(C(=O)N3CCN(C(=O)c4ccco4)CC3)c2)CC1. The minimum Gasteiger partial charge on any atom is -0.459 e. The molecule has 2 aliphatic heterocycles. The molecule has 2 fully saturated rings. The molecule has 0 bridgehead atoms. The van der Waals surface area contributed by atoms with E-state index in [-0.39, 0.29) is 11.8 Å². The zero-order valence-corrected chi connectivity index (χ0v) is 16.1. The van der Waals surface area contributed by atoms with Crippen LogP contribution in [-0.2, 0) is 0 Å². The first kappa shape index (κ1) is 18.5. The standard InChI is InChI=1S/C20H25N5O3/c1-22-6-8-23(9-7-22)16-4-5-21-17(15-16)19(26)24-10-12-25(13-11-24)20(27)18-3-2-14-28-18/h2-5,14-15H,6-13H2,1H3. The summed E-state index contributed by atoms with van der Waals surface area (Å²) in [5.41, 5.74) is 1.50. The van der Waals surface area contributed by atoms with Crippen LogP contribution in [0.3, 0.4) is 0 Å². The lowest BCUT2D eigenvalue weighted by atomic mass is 10.2. The molecule has 28 heavy (non-hydrogen) atoms. The number of furan rings is 1. The van der Waals surface area contributed by atoms with Crippen LogP contribution in [0.2, 0.25) is 0 Å². The highest BCUT2D eigenvalue weighted by Gasteiger charge is 2.27. The molecule has 0 aliphatic carbocycles. The predicted molar refractivity (Wildman–Crippen MR) is 104 cm³/mol. The Kier molecular flexibility index (Phi) is 5.29. The van der Waals surface area contributed by atoms with Gasteiger partial charge in [0, 0.05) is 64.2 Å². The zero-order chi connectivity index (χ0) is 19.5. The number of aromatic nitrogens is 1. The summed E-state index contributed by atoms with van der Waals surface area (Å²) < 4.78 is 5.18. The van der Waals surface area contributed by atoms with Crippen molar-refractivity contribution < 1.29 is 14.0 Å². The number of nitrogens with zero attached hydrogens (tertiary/aromatic N) is 5. The molecular formula is C20H25N5O3. The van der Waals surface area contributed by atoms with Crippen molar-refractivity contribution in [3.05, 3.63) is 48.2 Å². The average molecular weight is 383 g/mol. The molecule has 8 heteroatoms. The third-order valence-electron chi connectivity index (χ3n) is 5.42. The van der Waals surface area contributed by atoms with Crippen molar-refractivity contribution in [3.8, 4) is 0 Å². The lowest BCUT2D eigenvalue weighted by Crippen LogP contribution is -2.50. The number of hydrogen-bond donors (Lipinski definition) is 0. The van der Waals surface area contributed by atoms with Gasteiger partial charge in [-0.3, -0.25) is 14.6 Å². The molecular weight excluding hydrogens is 358 g/mol. The topological polar surface area (TPSA) is 73.1 Å². The van der Waals surface area contributed by atoms with Crippen molar-refractivity contribution in [2.75, 3.05) is 64.3 Å². The first-order valence-corrected chi connectivity index (χ1v) is 9.63. The Balaban J connectivity index is 1.37. The highest BCUT2D eigenvalue weighted by molar-refractivity contribution is 5.94. The molecule has 2 aromatic heterocycles. The maximum absolute atomic E-state index is 12.9. The van der Waals surface area contributed by atoms with Gasteiger partial charge in [0.05, 0.1) is 6.26 Å². The fourth-order valence-electron chi connectivity index (χ4n) is 3.63. The van der Waals surface area contributed by atoms with E-state index in [2.05, 4.69) is 21.8 Å². The largest absolute Gasteiger partial charge is 0.459 e. The number of likely N-dealkylation sites (N-methyl/N-ethyl adjacent to an activating group) is 1. The summed E-state index contributed by atoms with van der Waals surface area (Å²) in [6.45, 7) is 5.88. The van der Waals surface area contributed by atoms with Gasteiger partial charge in [0.25, 0.3) is 11.8 Å². The molecule has 2 aromatic rings. The van der Waals surface area contributed by atoms with Gasteiger partial charge < -0.3 is 24.0 Å². The molecule has 2 saturated heterocycles. The molecule has 4 rings (SSSR count). The van der Waals surface area contributed by atoms with Gasteiger partial charge in [-0.05, 0) is 31.3 Å². The van der Waals surface area contributed by atoms with Crippen LogP contribution in [0.5, 0.6) is 0 Å². The third-order valence-corrected chi connectivity index (χ3v) is 5.42. The van der Waals surface area contributed by atoms with Gasteiger partial charge >= 0.3 is 0 Å². The number of amides is 2. The van der Waals surface area contributed by atoms with Crippen molar-refractivity contribution in [2.45, 2.75) is 0 Å².